The van der Waals surface area contributed by atoms with Crippen LogP contribution in [0.5, 0.6) is 0 Å². The van der Waals surface area contributed by atoms with Crippen molar-refractivity contribution in [2.45, 2.75) is 0 Å². The molecule has 0 unspecified atom stereocenters. The van der Waals surface area contributed by atoms with Gasteiger partial charge in [-0.05, 0) is 0 Å². The topological polar surface area (TPSA) is 155 Å². The van der Waals surface area contributed by atoms with E-state index in [9.17, 15) is 0 Å². The van der Waals surface area contributed by atoms with Crippen LogP contribution in [0.2, 0.25) is 0 Å². The highest BCUT2D eigenvalue weighted by atomic mass is 15.1. The van der Waals surface area contributed by atoms with E-state index in [4.69, 9.17) is 0 Å². The molecule has 0 aliphatic rings. The Bertz CT molecular complexity index is 1490. The van der Waals surface area contributed by atoms with Crippen molar-refractivity contribution in [2.24, 2.45) is 0 Å². The summed E-state index contributed by atoms with van der Waals surface area (Å²) in [6.45, 7) is 0. The Morgan fingerprint density at radius 3 is 0.583 bits per heavy atom. The van der Waals surface area contributed by atoms with Crippen molar-refractivity contribution in [2.75, 3.05) is 0 Å². The average Bonchev–Trinajstić information content (AvgIpc) is 2.98. The number of benzene rings is 2. The van der Waals surface area contributed by atoms with Gasteiger partial charge in [-0.25, -0.2) is 0 Å². The van der Waals surface area contributed by atoms with Crippen molar-refractivity contribution in [1.82, 2.24) is 60.5 Å². The summed E-state index contributed by atoms with van der Waals surface area (Å²) in [5, 5.41) is 29.6. The molecular formula is C24H12N12. The predicted octanol–water partition coefficient (Wildman–Crippen LogP) is 3.03. The van der Waals surface area contributed by atoms with Crippen molar-refractivity contribution in [3.8, 4) is 0 Å². The minimum absolute atomic E-state index is 0.702. The van der Waals surface area contributed by atoms with Crippen molar-refractivity contribution in [3.63, 3.8) is 0 Å². The van der Waals surface area contributed by atoms with Crippen molar-refractivity contribution in [1.29, 1.82) is 0 Å². The molecule has 36 heavy (non-hydrogen) atoms. The lowest BCUT2D eigenvalue weighted by Crippen LogP contribution is -1.94. The Morgan fingerprint density at radius 2 is 0.417 bits per heavy atom. The van der Waals surface area contributed by atoms with Crippen molar-refractivity contribution in [3.05, 3.63) is 74.4 Å². The fraction of sp³-hybridized carbons (Fsp3) is 0. The second-order valence-electron chi connectivity index (χ2n) is 7.71. The van der Waals surface area contributed by atoms with Gasteiger partial charge < -0.3 is 0 Å². The number of nitrogens with zero attached hydrogens (tertiary/aromatic N) is 12. The molecule has 8 rings (SSSR count). The van der Waals surface area contributed by atoms with Gasteiger partial charge in [-0.15, -0.1) is 0 Å². The lowest BCUT2D eigenvalue weighted by Gasteiger charge is -2.06. The lowest BCUT2D eigenvalue weighted by molar-refractivity contribution is 1.04. The molecule has 0 radical (unpaired) electrons. The maximum Gasteiger partial charge on any atom is 0.119 e. The van der Waals surface area contributed by atoms with Crippen LogP contribution in [-0.4, -0.2) is 60.5 Å². The molecule has 0 N–H and O–H groups in total. The molecule has 0 aliphatic carbocycles. The second-order valence-corrected chi connectivity index (χ2v) is 7.71. The van der Waals surface area contributed by atoms with Crippen LogP contribution < -0.4 is 0 Å². The number of aromatic nitrogens is 12. The maximum absolute atomic E-state index is 4.33. The molecule has 0 bridgehead atoms. The Balaban J connectivity index is 0.000000122. The molecule has 0 saturated heterocycles. The normalized spacial score (nSPS) is 11.3. The summed E-state index contributed by atoms with van der Waals surface area (Å²) >= 11 is 0. The number of fused-ring (bicyclic) bond motifs is 12. The van der Waals surface area contributed by atoms with Gasteiger partial charge in [0, 0.05) is 69.5 Å². The van der Waals surface area contributed by atoms with Gasteiger partial charge >= 0.3 is 0 Å². The number of hydrogen-bond acceptors (Lipinski definition) is 12. The molecule has 2 aromatic carbocycles. The van der Waals surface area contributed by atoms with Gasteiger partial charge in [-0.2, -0.15) is 30.6 Å². The van der Waals surface area contributed by atoms with Crippen molar-refractivity contribution < 1.29 is 0 Å². The first kappa shape index (κ1) is 19.9. The van der Waals surface area contributed by atoms with E-state index in [1.54, 1.807) is 74.4 Å². The van der Waals surface area contributed by atoms with Gasteiger partial charge in [0.05, 0.1) is 37.2 Å². The van der Waals surface area contributed by atoms with Gasteiger partial charge in [0.25, 0.3) is 0 Å². The molecule has 0 spiro atoms. The highest BCUT2D eigenvalue weighted by Crippen LogP contribution is 2.32. The quantitative estimate of drug-likeness (QED) is 0.300. The van der Waals surface area contributed by atoms with Gasteiger partial charge in [-0.1, -0.05) is 0 Å². The first-order chi connectivity index (χ1) is 17.9. The standard InChI is InChI=1S/2C12H6N6/c1-7-8(2-14-13-1)10-4-17-18-6-12(10)11-5-16-15-3-9(7)11;1-2-14-8-7(13-1)9-11(17-4-3-15-9)12-10(8)16-5-6-18-12/h2*1-6H. The predicted molar refractivity (Wildman–Crippen MR) is 131 cm³/mol. The summed E-state index contributed by atoms with van der Waals surface area (Å²) in [6.07, 6.45) is 20.2. The third-order valence-corrected chi connectivity index (χ3v) is 5.83. The van der Waals surface area contributed by atoms with Gasteiger partial charge in [0.2, 0.25) is 0 Å². The van der Waals surface area contributed by atoms with E-state index in [1.165, 1.54) is 0 Å². The molecule has 6 heterocycles. The Kier molecular flexibility index (Phi) is 4.45. The Morgan fingerprint density at radius 1 is 0.250 bits per heavy atom. The smallest absolute Gasteiger partial charge is 0.119 e. The SMILES string of the molecule is c1cnc2c(n1)c1nccnc1c1nccnc21.c1nncc2c1c1cnncc1c1cnncc21. The van der Waals surface area contributed by atoms with E-state index in [2.05, 4.69) is 60.5 Å². The molecule has 8 aromatic rings. The molecule has 0 atom stereocenters. The van der Waals surface area contributed by atoms with E-state index in [-0.39, 0.29) is 0 Å². The highest BCUT2D eigenvalue weighted by molar-refractivity contribution is 6.24. The Hall–Kier alpha value is -5.52. The fourth-order valence-electron chi connectivity index (χ4n) is 4.31. The molecule has 168 valence electrons. The molecule has 12 nitrogen and oxygen atoms in total. The minimum atomic E-state index is 0.702. The van der Waals surface area contributed by atoms with Gasteiger partial charge in [-0.3, -0.25) is 29.9 Å². The van der Waals surface area contributed by atoms with Gasteiger partial charge in [0.1, 0.15) is 33.1 Å². The van der Waals surface area contributed by atoms with Crippen LogP contribution in [0, 0.1) is 0 Å². The maximum atomic E-state index is 4.33. The lowest BCUT2D eigenvalue weighted by atomic mass is 10.0. The number of hydrogen-bond donors (Lipinski definition) is 0. The zero-order chi connectivity index (χ0) is 23.9. The summed E-state index contributed by atoms with van der Waals surface area (Å²) in [5.74, 6) is 0. The summed E-state index contributed by atoms with van der Waals surface area (Å²) in [4.78, 5) is 26.0. The van der Waals surface area contributed by atoms with E-state index in [0.29, 0.717) is 33.1 Å². The first-order valence-electron chi connectivity index (χ1n) is 10.8. The summed E-state index contributed by atoms with van der Waals surface area (Å²) in [7, 11) is 0. The molecule has 0 saturated carbocycles. The monoisotopic (exact) mass is 468 g/mol. The van der Waals surface area contributed by atoms with Crippen LogP contribution in [0.3, 0.4) is 0 Å². The molecule has 0 aliphatic heterocycles. The molecular weight excluding hydrogens is 456 g/mol. The van der Waals surface area contributed by atoms with Crippen molar-refractivity contribution >= 4 is 65.4 Å². The van der Waals surface area contributed by atoms with E-state index < -0.39 is 0 Å². The average molecular weight is 468 g/mol. The van der Waals surface area contributed by atoms with E-state index >= 15 is 0 Å². The van der Waals surface area contributed by atoms with Crippen LogP contribution in [0.1, 0.15) is 0 Å². The van der Waals surface area contributed by atoms with E-state index in [1.807, 2.05) is 0 Å². The van der Waals surface area contributed by atoms with Crippen LogP contribution in [0.25, 0.3) is 65.4 Å². The summed E-state index contributed by atoms with van der Waals surface area (Å²) in [5.41, 5.74) is 4.21. The highest BCUT2D eigenvalue weighted by Gasteiger charge is 2.13. The third-order valence-electron chi connectivity index (χ3n) is 5.83. The molecule has 6 aromatic heterocycles. The largest absolute Gasteiger partial charge is 0.251 e. The van der Waals surface area contributed by atoms with E-state index in [0.717, 1.165) is 32.3 Å². The zero-order valence-electron chi connectivity index (χ0n) is 18.3. The first-order valence-corrected chi connectivity index (χ1v) is 10.8. The summed E-state index contributed by atoms with van der Waals surface area (Å²) < 4.78 is 0. The number of rotatable bonds is 0. The van der Waals surface area contributed by atoms with Crippen LogP contribution >= 0.6 is 0 Å². The second kappa shape index (κ2) is 8.06. The molecule has 12 heteroatoms. The Labute approximate surface area is 200 Å². The zero-order valence-corrected chi connectivity index (χ0v) is 18.3. The van der Waals surface area contributed by atoms with Crippen LogP contribution in [-0.2, 0) is 0 Å². The van der Waals surface area contributed by atoms with Crippen LogP contribution in [0.15, 0.2) is 74.4 Å². The third kappa shape index (κ3) is 3.01. The summed E-state index contributed by atoms with van der Waals surface area (Å²) in [6, 6.07) is 0. The fourth-order valence-corrected chi connectivity index (χ4v) is 4.31. The molecule has 0 fully saturated rings. The van der Waals surface area contributed by atoms with Crippen LogP contribution in [0.4, 0.5) is 0 Å². The molecule has 0 amide bonds. The van der Waals surface area contributed by atoms with Gasteiger partial charge in [0.15, 0.2) is 0 Å². The minimum Gasteiger partial charge on any atom is -0.251 e.